The molecule has 0 fully saturated rings. The van der Waals surface area contributed by atoms with Crippen molar-refractivity contribution in [3.8, 4) is 22.5 Å². The molecule has 0 aliphatic carbocycles. The lowest BCUT2D eigenvalue weighted by atomic mass is 10.1. The smallest absolute Gasteiger partial charge is 0.345 e. The van der Waals surface area contributed by atoms with Gasteiger partial charge >= 0.3 is 11.3 Å². The molecule has 220 valence electrons. The first-order chi connectivity index (χ1) is 20.9. The largest absolute Gasteiger partial charge is 0.422 e. The molecule has 8 nitrogen and oxygen atoms in total. The minimum atomic E-state index is -0.412. The van der Waals surface area contributed by atoms with Gasteiger partial charge < -0.3 is 18.6 Å². The van der Waals surface area contributed by atoms with Crippen LogP contribution in [0.2, 0.25) is 0 Å². The van der Waals surface area contributed by atoms with Crippen LogP contribution in [0, 0.1) is 0 Å². The molecule has 0 amide bonds. The Kier molecular flexibility index (Phi) is 8.14. The molecule has 0 aliphatic heterocycles. The maximum absolute atomic E-state index is 12.9. The van der Waals surface area contributed by atoms with E-state index >= 15 is 0 Å². The van der Waals surface area contributed by atoms with Gasteiger partial charge in [0.15, 0.2) is 0 Å². The van der Waals surface area contributed by atoms with E-state index in [1.54, 1.807) is 0 Å². The normalized spacial score (nSPS) is 11.4. The first-order valence-corrected chi connectivity index (χ1v) is 16.2. The van der Waals surface area contributed by atoms with Crippen LogP contribution in [0.5, 0.6) is 0 Å². The van der Waals surface area contributed by atoms with Gasteiger partial charge in [-0.3, -0.25) is 0 Å². The second-order valence-corrected chi connectivity index (χ2v) is 12.0. The van der Waals surface area contributed by atoms with E-state index in [1.807, 2.05) is 59.3 Å². The van der Waals surface area contributed by atoms with Gasteiger partial charge in [-0.25, -0.2) is 19.6 Å². The van der Waals surface area contributed by atoms with E-state index < -0.39 is 11.3 Å². The Morgan fingerprint density at radius 3 is 1.44 bits per heavy atom. The lowest BCUT2D eigenvalue weighted by Crippen LogP contribution is -2.21. The summed E-state index contributed by atoms with van der Waals surface area (Å²) in [6, 6.07) is 15.6. The molecule has 43 heavy (non-hydrogen) atoms. The molecule has 0 bridgehead atoms. The van der Waals surface area contributed by atoms with Crippen LogP contribution >= 0.6 is 22.7 Å². The Morgan fingerprint density at radius 2 is 1.05 bits per heavy atom. The van der Waals surface area contributed by atoms with Gasteiger partial charge in [-0.1, -0.05) is 0 Å². The van der Waals surface area contributed by atoms with Crippen molar-refractivity contribution in [3.63, 3.8) is 0 Å². The molecule has 0 unspecified atom stereocenters. The molecule has 0 saturated heterocycles. The average molecular weight is 613 g/mol. The number of fused-ring (bicyclic) bond motifs is 2. The fourth-order valence-electron chi connectivity index (χ4n) is 5.29. The number of aromatic nitrogens is 2. The van der Waals surface area contributed by atoms with E-state index in [4.69, 9.17) is 18.8 Å². The number of nitrogens with zero attached hydrogens (tertiary/aromatic N) is 4. The minimum Gasteiger partial charge on any atom is -0.422 e. The number of anilines is 2. The van der Waals surface area contributed by atoms with Crippen molar-refractivity contribution < 1.29 is 8.83 Å². The summed E-state index contributed by atoms with van der Waals surface area (Å²) in [6.07, 6.45) is 0.494. The Balaban J connectivity index is 1.23. The summed E-state index contributed by atoms with van der Waals surface area (Å²) in [7, 11) is 0. The van der Waals surface area contributed by atoms with Gasteiger partial charge in [0, 0.05) is 71.2 Å². The Hall–Kier alpha value is -4.28. The number of rotatable bonds is 10. The second-order valence-electron chi connectivity index (χ2n) is 10.1. The fourth-order valence-corrected chi connectivity index (χ4v) is 6.98. The number of hydrogen-bond donors (Lipinski definition) is 0. The molecule has 4 heterocycles. The van der Waals surface area contributed by atoms with Crippen LogP contribution in [0.4, 0.5) is 11.4 Å². The number of hydrogen-bond acceptors (Lipinski definition) is 10. The minimum absolute atomic E-state index is 0.412. The molecule has 0 aliphatic rings. The molecule has 6 rings (SSSR count). The Labute approximate surface area is 256 Å². The van der Waals surface area contributed by atoms with E-state index in [-0.39, 0.29) is 0 Å². The fraction of sp³-hybridized carbons (Fsp3) is 0.273. The van der Waals surface area contributed by atoms with Gasteiger partial charge in [0.25, 0.3) is 0 Å². The van der Waals surface area contributed by atoms with Crippen LogP contribution in [0.1, 0.15) is 37.7 Å². The van der Waals surface area contributed by atoms with Crippen molar-refractivity contribution in [2.45, 2.75) is 34.1 Å². The number of thiazole rings is 2. The van der Waals surface area contributed by atoms with Gasteiger partial charge in [-0.15, -0.1) is 22.7 Å². The third kappa shape index (κ3) is 5.72. The van der Waals surface area contributed by atoms with Crippen molar-refractivity contribution in [3.05, 3.63) is 90.1 Å². The third-order valence-electron chi connectivity index (χ3n) is 7.65. The van der Waals surface area contributed by atoms with Gasteiger partial charge in [-0.05, 0) is 64.1 Å². The van der Waals surface area contributed by atoms with Crippen molar-refractivity contribution in [1.82, 2.24) is 9.97 Å². The van der Waals surface area contributed by atoms with Gasteiger partial charge in [-0.2, -0.15) is 0 Å². The molecule has 0 saturated carbocycles. The maximum atomic E-state index is 12.9. The summed E-state index contributed by atoms with van der Waals surface area (Å²) in [5.41, 5.74) is 4.38. The molecular weight excluding hydrogens is 581 g/mol. The van der Waals surface area contributed by atoms with Crippen LogP contribution in [0.25, 0.3) is 44.5 Å². The van der Waals surface area contributed by atoms with Gasteiger partial charge in [0.2, 0.25) is 0 Å². The maximum Gasteiger partial charge on any atom is 0.345 e. The lowest BCUT2D eigenvalue weighted by Gasteiger charge is -2.20. The first kappa shape index (κ1) is 28.8. The SMILES string of the molecule is CCN(CC)c1ccc2cc(-c3csc(Cc4nc(-c5cc6ccc(N(CC)CC)cc6oc5=O)cs4)n3)c(=O)oc2c1. The van der Waals surface area contributed by atoms with E-state index in [0.717, 1.165) is 58.3 Å². The Bertz CT molecular complexity index is 1890. The van der Waals surface area contributed by atoms with Crippen LogP contribution in [0.15, 0.2) is 77.7 Å². The lowest BCUT2D eigenvalue weighted by molar-refractivity contribution is 0.563. The van der Waals surface area contributed by atoms with Crippen LogP contribution in [-0.2, 0) is 6.42 Å². The zero-order valence-corrected chi connectivity index (χ0v) is 26.2. The van der Waals surface area contributed by atoms with Crippen molar-refractivity contribution in [2.75, 3.05) is 36.0 Å². The summed E-state index contributed by atoms with van der Waals surface area (Å²) >= 11 is 2.93. The van der Waals surface area contributed by atoms with Crippen molar-refractivity contribution >= 4 is 56.0 Å². The highest BCUT2D eigenvalue weighted by Crippen LogP contribution is 2.29. The molecule has 0 spiro atoms. The quantitative estimate of drug-likeness (QED) is 0.148. The molecule has 0 radical (unpaired) electrons. The predicted octanol–water partition coefficient (Wildman–Crippen LogP) is 7.43. The summed E-state index contributed by atoms with van der Waals surface area (Å²) in [6.45, 7) is 11.9. The highest BCUT2D eigenvalue weighted by atomic mass is 32.1. The van der Waals surface area contributed by atoms with E-state index in [1.165, 1.54) is 22.7 Å². The molecule has 10 heteroatoms. The third-order valence-corrected chi connectivity index (χ3v) is 9.35. The predicted molar refractivity (Wildman–Crippen MR) is 177 cm³/mol. The molecule has 4 aromatic heterocycles. The highest BCUT2D eigenvalue weighted by Gasteiger charge is 2.16. The topological polar surface area (TPSA) is 92.7 Å². The molecule has 6 aromatic rings. The molecule has 2 aromatic carbocycles. The van der Waals surface area contributed by atoms with Crippen LogP contribution in [-0.4, -0.2) is 36.1 Å². The van der Waals surface area contributed by atoms with Crippen molar-refractivity contribution in [2.24, 2.45) is 0 Å². The Morgan fingerprint density at radius 1 is 0.628 bits per heavy atom. The summed E-state index contributed by atoms with van der Waals surface area (Å²) in [5, 5.41) is 7.09. The summed E-state index contributed by atoms with van der Waals surface area (Å²) in [5.74, 6) is 0. The number of benzene rings is 2. The monoisotopic (exact) mass is 612 g/mol. The highest BCUT2D eigenvalue weighted by molar-refractivity contribution is 7.11. The van der Waals surface area contributed by atoms with E-state index in [0.29, 0.717) is 40.1 Å². The molecule has 0 atom stereocenters. The van der Waals surface area contributed by atoms with Crippen LogP contribution in [0.3, 0.4) is 0 Å². The zero-order valence-electron chi connectivity index (χ0n) is 24.5. The standard InChI is InChI=1S/C33H32N4O4S2/c1-5-36(6-2)22-11-9-20-13-24(32(38)40-28(20)15-22)26-18-42-30(34-26)17-31-35-27(19-43-31)25-14-21-10-12-23(37(7-3)8-4)16-29(21)41-33(25)39/h9-16,18-19H,5-8,17H2,1-4H3. The zero-order chi connectivity index (χ0) is 30.1. The van der Waals surface area contributed by atoms with Crippen LogP contribution < -0.4 is 21.1 Å². The molecular formula is C33H32N4O4S2. The van der Waals surface area contributed by atoms with Crippen molar-refractivity contribution in [1.29, 1.82) is 0 Å². The second kappa shape index (κ2) is 12.1. The first-order valence-electron chi connectivity index (χ1n) is 14.5. The van der Waals surface area contributed by atoms with Gasteiger partial charge in [0.05, 0.1) is 28.9 Å². The van der Waals surface area contributed by atoms with Gasteiger partial charge in [0.1, 0.15) is 21.2 Å². The van der Waals surface area contributed by atoms with E-state index in [9.17, 15) is 9.59 Å². The summed E-state index contributed by atoms with van der Waals surface area (Å²) in [4.78, 5) is 39.7. The van der Waals surface area contributed by atoms with E-state index in [2.05, 4.69) is 37.5 Å². The molecule has 0 N–H and O–H groups in total. The summed E-state index contributed by atoms with van der Waals surface area (Å²) < 4.78 is 11.4. The average Bonchev–Trinajstić information content (AvgIpc) is 3.67.